The van der Waals surface area contributed by atoms with Crippen molar-refractivity contribution in [3.63, 3.8) is 0 Å². The highest BCUT2D eigenvalue weighted by Gasteiger charge is 2.45. The molecule has 0 heterocycles. The van der Waals surface area contributed by atoms with Gasteiger partial charge in [-0.25, -0.2) is 0 Å². The molecule has 1 aliphatic carbocycles. The molecule has 2 rings (SSSR count). The zero-order valence-corrected chi connectivity index (χ0v) is 10.6. The van der Waals surface area contributed by atoms with Crippen LogP contribution < -0.4 is 4.74 Å². The Morgan fingerprint density at radius 1 is 1.53 bits per heavy atom. The van der Waals surface area contributed by atoms with E-state index in [1.54, 1.807) is 25.1 Å². The van der Waals surface area contributed by atoms with Gasteiger partial charge in [0.1, 0.15) is 0 Å². The fraction of sp³-hybridized carbons (Fsp3) is 0.462. The van der Waals surface area contributed by atoms with E-state index in [0.717, 1.165) is 12.8 Å². The molecule has 1 aromatic rings. The summed E-state index contributed by atoms with van der Waals surface area (Å²) in [7, 11) is 0. The Morgan fingerprint density at radius 3 is 2.74 bits per heavy atom. The second-order valence-corrected chi connectivity index (χ2v) is 5.04. The lowest BCUT2D eigenvalue weighted by atomic mass is 10.0. The van der Waals surface area contributed by atoms with Crippen molar-refractivity contribution in [3.05, 3.63) is 33.9 Å². The third-order valence-corrected chi connectivity index (χ3v) is 3.40. The average Bonchev–Trinajstić information content (AvgIpc) is 3.05. The van der Waals surface area contributed by atoms with Crippen LogP contribution in [0.15, 0.2) is 18.2 Å². The minimum Gasteiger partial charge on any atom is -0.486 e. The Hall–Kier alpha value is -2.11. The Bertz CT molecular complexity index is 522. The number of carboxylic acid groups (broad SMARTS) is 1. The second kappa shape index (κ2) is 4.87. The number of hydrogen-bond acceptors (Lipinski definition) is 4. The zero-order chi connectivity index (χ0) is 14.0. The molecule has 0 aromatic heterocycles. The van der Waals surface area contributed by atoms with Crippen LogP contribution in [0.2, 0.25) is 0 Å². The standard InChI is InChI=1S/C13H15NO5/c1-9-3-2-4-10(12(9)14(17)18)19-8-13(5-6-13)7-11(15)16/h2-4H,5-8H2,1H3,(H,15,16). The number of carboxylic acids is 1. The first kappa shape index (κ1) is 13.3. The molecule has 1 aromatic carbocycles. The lowest BCUT2D eigenvalue weighted by Crippen LogP contribution is -2.17. The van der Waals surface area contributed by atoms with Crippen molar-refractivity contribution in [1.82, 2.24) is 0 Å². The number of para-hydroxylation sites is 1. The van der Waals surface area contributed by atoms with E-state index in [1.807, 2.05) is 0 Å². The minimum atomic E-state index is -0.861. The summed E-state index contributed by atoms with van der Waals surface area (Å²) in [5, 5.41) is 19.8. The molecular formula is C13H15NO5. The van der Waals surface area contributed by atoms with Gasteiger partial charge >= 0.3 is 11.7 Å². The van der Waals surface area contributed by atoms with Crippen molar-refractivity contribution >= 4 is 11.7 Å². The monoisotopic (exact) mass is 265 g/mol. The molecule has 0 unspecified atom stereocenters. The zero-order valence-electron chi connectivity index (χ0n) is 10.6. The molecule has 0 radical (unpaired) electrons. The number of nitrogens with zero attached hydrogens (tertiary/aromatic N) is 1. The van der Waals surface area contributed by atoms with Gasteiger partial charge in [0.2, 0.25) is 0 Å². The van der Waals surface area contributed by atoms with E-state index in [9.17, 15) is 14.9 Å². The molecular weight excluding hydrogens is 250 g/mol. The minimum absolute atomic E-state index is 0.0476. The highest BCUT2D eigenvalue weighted by molar-refractivity contribution is 5.68. The van der Waals surface area contributed by atoms with Gasteiger partial charge in [0.25, 0.3) is 0 Å². The number of benzene rings is 1. The Kier molecular flexibility index (Phi) is 3.42. The maximum atomic E-state index is 11.0. The molecule has 19 heavy (non-hydrogen) atoms. The molecule has 1 saturated carbocycles. The Morgan fingerprint density at radius 2 is 2.21 bits per heavy atom. The van der Waals surface area contributed by atoms with Crippen molar-refractivity contribution in [2.24, 2.45) is 5.41 Å². The van der Waals surface area contributed by atoms with E-state index in [0.29, 0.717) is 5.56 Å². The van der Waals surface area contributed by atoms with Gasteiger partial charge in [-0.3, -0.25) is 14.9 Å². The van der Waals surface area contributed by atoms with E-state index < -0.39 is 10.9 Å². The van der Waals surface area contributed by atoms with Crippen molar-refractivity contribution in [3.8, 4) is 5.75 Å². The predicted octanol–water partition coefficient (Wildman–Crippen LogP) is 2.54. The van der Waals surface area contributed by atoms with E-state index in [-0.39, 0.29) is 29.9 Å². The van der Waals surface area contributed by atoms with E-state index in [1.165, 1.54) is 0 Å². The third kappa shape index (κ3) is 3.01. The van der Waals surface area contributed by atoms with Crippen LogP contribution in [0.25, 0.3) is 0 Å². The second-order valence-electron chi connectivity index (χ2n) is 5.04. The van der Waals surface area contributed by atoms with Gasteiger partial charge in [-0.2, -0.15) is 0 Å². The number of rotatable bonds is 6. The number of nitro benzene ring substituents is 1. The Labute approximate surface area is 110 Å². The SMILES string of the molecule is Cc1cccc(OCC2(CC(=O)O)CC2)c1[N+](=O)[O-]. The highest BCUT2D eigenvalue weighted by Crippen LogP contribution is 2.49. The van der Waals surface area contributed by atoms with E-state index in [2.05, 4.69) is 0 Å². The summed E-state index contributed by atoms with van der Waals surface area (Å²) in [4.78, 5) is 21.3. The highest BCUT2D eigenvalue weighted by atomic mass is 16.6. The molecule has 0 atom stereocenters. The molecule has 0 aliphatic heterocycles. The first-order valence-corrected chi connectivity index (χ1v) is 6.02. The molecule has 1 N–H and O–H groups in total. The van der Waals surface area contributed by atoms with Crippen LogP contribution in [-0.2, 0) is 4.79 Å². The lowest BCUT2D eigenvalue weighted by molar-refractivity contribution is -0.386. The maximum absolute atomic E-state index is 11.0. The number of nitro groups is 1. The Balaban J connectivity index is 2.10. The van der Waals surface area contributed by atoms with Gasteiger partial charge in [0.05, 0.1) is 18.0 Å². The smallest absolute Gasteiger partial charge is 0.313 e. The molecule has 0 bridgehead atoms. The number of hydrogen-bond donors (Lipinski definition) is 1. The first-order valence-electron chi connectivity index (χ1n) is 6.02. The average molecular weight is 265 g/mol. The lowest BCUT2D eigenvalue weighted by Gasteiger charge is -2.14. The molecule has 1 aliphatic rings. The quantitative estimate of drug-likeness (QED) is 0.630. The maximum Gasteiger partial charge on any atom is 0.313 e. The van der Waals surface area contributed by atoms with Crippen molar-refractivity contribution in [1.29, 1.82) is 0 Å². The van der Waals surface area contributed by atoms with Crippen LogP contribution in [0.4, 0.5) is 5.69 Å². The summed E-state index contributed by atoms with van der Waals surface area (Å²) < 4.78 is 5.50. The summed E-state index contributed by atoms with van der Waals surface area (Å²) in [6.45, 7) is 1.86. The largest absolute Gasteiger partial charge is 0.486 e. The van der Waals surface area contributed by atoms with E-state index in [4.69, 9.17) is 9.84 Å². The fourth-order valence-electron chi connectivity index (χ4n) is 2.08. The fourth-order valence-corrected chi connectivity index (χ4v) is 2.08. The van der Waals surface area contributed by atoms with Crippen LogP contribution in [0.3, 0.4) is 0 Å². The van der Waals surface area contributed by atoms with Gasteiger partial charge in [0, 0.05) is 11.0 Å². The molecule has 1 fully saturated rings. The van der Waals surface area contributed by atoms with Crippen LogP contribution in [-0.4, -0.2) is 22.6 Å². The molecule has 6 nitrogen and oxygen atoms in total. The molecule has 0 saturated heterocycles. The topological polar surface area (TPSA) is 89.7 Å². The molecule has 0 spiro atoms. The summed E-state index contributed by atoms with van der Waals surface area (Å²) in [5.74, 6) is -0.651. The normalized spacial score (nSPS) is 15.8. The summed E-state index contributed by atoms with van der Waals surface area (Å²) in [6.07, 6.45) is 1.63. The van der Waals surface area contributed by atoms with Gasteiger partial charge in [-0.15, -0.1) is 0 Å². The molecule has 102 valence electrons. The van der Waals surface area contributed by atoms with E-state index >= 15 is 0 Å². The summed E-state index contributed by atoms with van der Waals surface area (Å²) >= 11 is 0. The summed E-state index contributed by atoms with van der Waals surface area (Å²) in [6, 6.07) is 4.88. The van der Waals surface area contributed by atoms with Gasteiger partial charge < -0.3 is 9.84 Å². The predicted molar refractivity (Wildman–Crippen MR) is 67.2 cm³/mol. The van der Waals surface area contributed by atoms with Crippen LogP contribution in [0, 0.1) is 22.5 Å². The van der Waals surface area contributed by atoms with Gasteiger partial charge in [0.15, 0.2) is 5.75 Å². The van der Waals surface area contributed by atoms with Crippen molar-refractivity contribution in [2.45, 2.75) is 26.2 Å². The van der Waals surface area contributed by atoms with Crippen LogP contribution in [0.5, 0.6) is 5.75 Å². The number of aliphatic carboxylic acids is 1. The number of carbonyl (C=O) groups is 1. The number of ether oxygens (including phenoxy) is 1. The van der Waals surface area contributed by atoms with Gasteiger partial charge in [-0.1, -0.05) is 12.1 Å². The van der Waals surface area contributed by atoms with Crippen molar-refractivity contribution < 1.29 is 19.6 Å². The van der Waals surface area contributed by atoms with Crippen LogP contribution >= 0.6 is 0 Å². The molecule has 0 amide bonds. The summed E-state index contributed by atoms with van der Waals surface area (Å²) in [5.41, 5.74) is 0.142. The van der Waals surface area contributed by atoms with Crippen molar-refractivity contribution in [2.75, 3.05) is 6.61 Å². The first-order chi connectivity index (χ1) is 8.93. The van der Waals surface area contributed by atoms with Gasteiger partial charge in [-0.05, 0) is 25.8 Å². The molecule has 6 heteroatoms. The number of aryl methyl sites for hydroxylation is 1. The van der Waals surface area contributed by atoms with Crippen LogP contribution in [0.1, 0.15) is 24.8 Å². The third-order valence-electron chi connectivity index (χ3n) is 3.40.